The van der Waals surface area contributed by atoms with Crippen molar-refractivity contribution in [3.8, 4) is 11.8 Å². The molecule has 1 atom stereocenters. The Balaban J connectivity index is 3.37. The summed E-state index contributed by atoms with van der Waals surface area (Å²) in [4.78, 5) is 12.3. The topological polar surface area (TPSA) is 47.6 Å². The summed E-state index contributed by atoms with van der Waals surface area (Å²) in [7, 11) is -2.08. The molecule has 1 N–H and O–H groups in total. The SMILES string of the molecule is CC(C)=C=CCC(C)(C)C(C#Cc1ccccc1NC(=O)OC(C)(C)C)O[Si](C)(C)C(C)(C)C. The van der Waals surface area contributed by atoms with Crippen LogP contribution in [0.1, 0.15) is 81.2 Å². The summed E-state index contributed by atoms with van der Waals surface area (Å²) in [6.45, 7) is 25.2. The van der Waals surface area contributed by atoms with Gasteiger partial charge < -0.3 is 9.16 Å². The average Bonchev–Trinajstić information content (AvgIpc) is 2.63. The second-order valence-corrected chi connectivity index (χ2v) is 17.0. The zero-order valence-corrected chi connectivity index (χ0v) is 24.4. The Bertz CT molecular complexity index is 971. The molecule has 0 spiro atoms. The van der Waals surface area contributed by atoms with Gasteiger partial charge in [0.15, 0.2) is 8.32 Å². The van der Waals surface area contributed by atoms with E-state index in [1.54, 1.807) is 0 Å². The van der Waals surface area contributed by atoms with Crippen LogP contribution in [0.15, 0.2) is 41.6 Å². The highest BCUT2D eigenvalue weighted by molar-refractivity contribution is 6.74. The van der Waals surface area contributed by atoms with Crippen LogP contribution in [0, 0.1) is 17.3 Å². The first-order chi connectivity index (χ1) is 15.3. The molecule has 1 unspecified atom stereocenters. The number of nitrogens with one attached hydrogen (secondary N) is 1. The fourth-order valence-corrected chi connectivity index (χ4v) is 4.06. The van der Waals surface area contributed by atoms with Gasteiger partial charge in [-0.2, -0.15) is 0 Å². The van der Waals surface area contributed by atoms with Crippen LogP contribution < -0.4 is 5.32 Å². The van der Waals surface area contributed by atoms with Gasteiger partial charge >= 0.3 is 6.09 Å². The lowest BCUT2D eigenvalue weighted by atomic mass is 9.83. The molecule has 1 rings (SSSR count). The van der Waals surface area contributed by atoms with E-state index < -0.39 is 20.0 Å². The van der Waals surface area contributed by atoms with Gasteiger partial charge in [-0.25, -0.2) is 4.79 Å². The van der Waals surface area contributed by atoms with Crippen LogP contribution >= 0.6 is 0 Å². The lowest BCUT2D eigenvalue weighted by molar-refractivity contribution is 0.0636. The number of hydrogen-bond donors (Lipinski definition) is 1. The van der Waals surface area contributed by atoms with E-state index in [-0.39, 0.29) is 16.6 Å². The number of allylic oxidation sites excluding steroid dienone is 1. The van der Waals surface area contributed by atoms with E-state index in [1.807, 2.05) is 58.9 Å². The molecule has 1 amide bonds. The van der Waals surface area contributed by atoms with Crippen molar-refractivity contribution in [2.45, 2.75) is 105 Å². The maximum Gasteiger partial charge on any atom is 0.412 e. The molecule has 0 saturated carbocycles. The Kier molecular flexibility index (Phi) is 10.0. The lowest BCUT2D eigenvalue weighted by Crippen LogP contribution is -2.47. The minimum Gasteiger partial charge on any atom is -0.444 e. The number of carbonyl (C=O) groups is 1. The molecular formula is C29H45NO3Si. The first kappa shape index (κ1) is 29.8. The molecule has 1 aromatic rings. The smallest absolute Gasteiger partial charge is 0.412 e. The first-order valence-electron chi connectivity index (χ1n) is 12.0. The summed E-state index contributed by atoms with van der Waals surface area (Å²) >= 11 is 0. The highest BCUT2D eigenvalue weighted by Crippen LogP contribution is 2.40. The fourth-order valence-electron chi connectivity index (χ4n) is 2.74. The molecule has 0 aromatic heterocycles. The van der Waals surface area contributed by atoms with Crippen LogP contribution in [-0.2, 0) is 9.16 Å². The number of carbonyl (C=O) groups excluding carboxylic acids is 1. The maximum atomic E-state index is 12.3. The molecule has 0 bridgehead atoms. The second-order valence-electron chi connectivity index (χ2n) is 12.2. The number of amides is 1. The van der Waals surface area contributed by atoms with E-state index >= 15 is 0 Å². The van der Waals surface area contributed by atoms with Gasteiger partial charge in [-0.15, -0.1) is 5.73 Å². The third-order valence-corrected chi connectivity index (χ3v) is 10.3. The normalized spacial score (nSPS) is 13.2. The zero-order valence-electron chi connectivity index (χ0n) is 23.4. The largest absolute Gasteiger partial charge is 0.444 e. The van der Waals surface area contributed by atoms with Crippen LogP contribution in [0.2, 0.25) is 18.1 Å². The number of hydrogen-bond acceptors (Lipinski definition) is 3. The number of benzene rings is 1. The van der Waals surface area contributed by atoms with E-state index in [0.717, 1.165) is 17.6 Å². The van der Waals surface area contributed by atoms with Crippen LogP contribution in [0.5, 0.6) is 0 Å². The Morgan fingerprint density at radius 1 is 1.06 bits per heavy atom. The molecular weight excluding hydrogens is 438 g/mol. The van der Waals surface area contributed by atoms with Gasteiger partial charge in [-0.05, 0) is 83.0 Å². The van der Waals surface area contributed by atoms with Gasteiger partial charge in [0.25, 0.3) is 0 Å². The van der Waals surface area contributed by atoms with E-state index in [1.165, 1.54) is 0 Å². The minimum atomic E-state index is -2.08. The van der Waals surface area contributed by atoms with E-state index in [2.05, 4.69) is 76.7 Å². The van der Waals surface area contributed by atoms with Crippen LogP contribution in [0.25, 0.3) is 0 Å². The van der Waals surface area contributed by atoms with E-state index in [9.17, 15) is 4.79 Å². The molecule has 0 heterocycles. The van der Waals surface area contributed by atoms with Gasteiger partial charge in [-0.3, -0.25) is 5.32 Å². The summed E-state index contributed by atoms with van der Waals surface area (Å²) in [5.41, 5.74) is 5.01. The van der Waals surface area contributed by atoms with Crippen LogP contribution in [0.4, 0.5) is 10.5 Å². The van der Waals surface area contributed by atoms with Crippen LogP contribution in [-0.4, -0.2) is 26.1 Å². The Hall–Kier alpha value is -2.25. The third kappa shape index (κ3) is 9.93. The van der Waals surface area contributed by atoms with Crippen molar-refractivity contribution >= 4 is 20.1 Å². The molecule has 188 valence electrons. The van der Waals surface area contributed by atoms with Gasteiger partial charge in [-0.1, -0.05) is 58.6 Å². The minimum absolute atomic E-state index is 0.0644. The summed E-state index contributed by atoms with van der Waals surface area (Å²) in [6, 6.07) is 7.52. The quantitative estimate of drug-likeness (QED) is 0.251. The van der Waals surface area contributed by atoms with Crippen molar-refractivity contribution in [3.05, 3.63) is 47.2 Å². The van der Waals surface area contributed by atoms with Gasteiger partial charge in [0.2, 0.25) is 0 Å². The predicted octanol–water partition coefficient (Wildman–Crippen LogP) is 8.31. The standard InChI is InChI=1S/C29H45NO3Si/c1-22(2)16-15-21-29(9,10)25(33-34(11,12)28(6,7)8)20-19-23-17-13-14-18-24(23)30-26(31)32-27(3,4)5/h13-15,17-18,25H,21H2,1-12H3,(H,30,31). The predicted molar refractivity (Wildman–Crippen MR) is 147 cm³/mol. The molecule has 0 saturated heterocycles. The average molecular weight is 484 g/mol. The fraction of sp³-hybridized carbons (Fsp3) is 0.586. The van der Waals surface area contributed by atoms with Gasteiger partial charge in [0.05, 0.1) is 5.69 Å². The highest BCUT2D eigenvalue weighted by atomic mass is 28.4. The number of ether oxygens (including phenoxy) is 1. The molecule has 0 aliphatic carbocycles. The Labute approximate surface area is 209 Å². The van der Waals surface area contributed by atoms with E-state index in [0.29, 0.717) is 5.69 Å². The molecule has 5 heteroatoms. The van der Waals surface area contributed by atoms with Crippen molar-refractivity contribution in [2.24, 2.45) is 5.41 Å². The van der Waals surface area contributed by atoms with Crippen molar-refractivity contribution in [3.63, 3.8) is 0 Å². The first-order valence-corrected chi connectivity index (χ1v) is 14.9. The second kappa shape index (κ2) is 11.4. The molecule has 0 radical (unpaired) electrons. The Morgan fingerprint density at radius 2 is 1.65 bits per heavy atom. The molecule has 0 fully saturated rings. The number of para-hydroxylation sites is 1. The van der Waals surface area contributed by atoms with Crippen molar-refractivity contribution in [1.82, 2.24) is 0 Å². The summed E-state index contributed by atoms with van der Waals surface area (Å²) in [5.74, 6) is 6.72. The molecule has 34 heavy (non-hydrogen) atoms. The maximum absolute atomic E-state index is 12.3. The van der Waals surface area contributed by atoms with Crippen molar-refractivity contribution in [1.29, 1.82) is 0 Å². The van der Waals surface area contributed by atoms with Gasteiger partial charge in [0.1, 0.15) is 11.7 Å². The van der Waals surface area contributed by atoms with Crippen LogP contribution in [0.3, 0.4) is 0 Å². The number of anilines is 1. The molecule has 1 aromatic carbocycles. The molecule has 4 nitrogen and oxygen atoms in total. The van der Waals surface area contributed by atoms with E-state index in [4.69, 9.17) is 9.16 Å². The summed E-state index contributed by atoms with van der Waals surface area (Å²) < 4.78 is 12.2. The monoisotopic (exact) mass is 483 g/mol. The third-order valence-electron chi connectivity index (χ3n) is 5.85. The summed E-state index contributed by atoms with van der Waals surface area (Å²) in [5, 5.41) is 2.90. The van der Waals surface area contributed by atoms with Gasteiger partial charge in [0, 0.05) is 11.0 Å². The number of rotatable bonds is 6. The van der Waals surface area contributed by atoms with Crippen molar-refractivity contribution < 1.29 is 14.0 Å². The van der Waals surface area contributed by atoms with Crippen molar-refractivity contribution in [2.75, 3.05) is 5.32 Å². The highest BCUT2D eigenvalue weighted by Gasteiger charge is 2.42. The molecule has 0 aliphatic rings. The Morgan fingerprint density at radius 3 is 2.18 bits per heavy atom. The zero-order chi connectivity index (χ0) is 26.4. The molecule has 0 aliphatic heterocycles. The summed E-state index contributed by atoms with van der Waals surface area (Å²) in [6.07, 6.45) is 2.10. The lowest BCUT2D eigenvalue weighted by Gasteiger charge is -2.42.